The van der Waals surface area contributed by atoms with Crippen molar-refractivity contribution < 1.29 is 17.9 Å². The monoisotopic (exact) mass is 388 g/mol. The fraction of sp³-hybridized carbons (Fsp3) is 0.350. The van der Waals surface area contributed by atoms with Gasteiger partial charge in [-0.25, -0.2) is 8.42 Å². The first-order valence-corrected chi connectivity index (χ1v) is 10.5. The predicted octanol–water partition coefficient (Wildman–Crippen LogP) is 2.98. The minimum Gasteiger partial charge on any atom is -0.375 e. The van der Waals surface area contributed by atoms with Crippen LogP contribution in [0.1, 0.15) is 24.5 Å². The van der Waals surface area contributed by atoms with Crippen molar-refractivity contribution >= 4 is 27.3 Å². The SMILES string of the molecule is CCCc1ccc(S(=O)(=O)Nc2ccc3c(c2)N(C(=O)COC)CC3)cc1. The van der Waals surface area contributed by atoms with E-state index in [1.807, 2.05) is 18.2 Å². The van der Waals surface area contributed by atoms with Gasteiger partial charge in [-0.05, 0) is 48.2 Å². The van der Waals surface area contributed by atoms with Crippen LogP contribution in [0.15, 0.2) is 47.4 Å². The van der Waals surface area contributed by atoms with Crippen molar-refractivity contribution in [3.63, 3.8) is 0 Å². The highest BCUT2D eigenvalue weighted by atomic mass is 32.2. The lowest BCUT2D eigenvalue weighted by Gasteiger charge is -2.18. The Bertz CT molecular complexity index is 923. The standard InChI is InChI=1S/C20H24N2O4S/c1-3-4-15-5-9-18(10-6-15)27(24,25)21-17-8-7-16-11-12-22(19(16)13-17)20(23)14-26-2/h5-10,13,21H,3-4,11-12,14H2,1-2H3. The Morgan fingerprint density at radius 3 is 2.59 bits per heavy atom. The summed E-state index contributed by atoms with van der Waals surface area (Å²) < 4.78 is 32.9. The Morgan fingerprint density at radius 2 is 1.93 bits per heavy atom. The molecule has 2 aromatic rings. The summed E-state index contributed by atoms with van der Waals surface area (Å²) in [6.45, 7) is 2.66. The summed E-state index contributed by atoms with van der Waals surface area (Å²) in [6.07, 6.45) is 2.68. The maximum Gasteiger partial charge on any atom is 0.261 e. The van der Waals surface area contributed by atoms with Crippen LogP contribution in [0.25, 0.3) is 0 Å². The number of hydrogen-bond donors (Lipinski definition) is 1. The van der Waals surface area contributed by atoms with Crippen molar-refractivity contribution in [3.8, 4) is 0 Å². The molecule has 0 aromatic heterocycles. The van der Waals surface area contributed by atoms with Gasteiger partial charge in [-0.2, -0.15) is 0 Å². The van der Waals surface area contributed by atoms with Gasteiger partial charge in [-0.3, -0.25) is 9.52 Å². The number of benzene rings is 2. The maximum absolute atomic E-state index is 12.7. The van der Waals surface area contributed by atoms with Crippen LogP contribution in [0.2, 0.25) is 0 Å². The summed E-state index contributed by atoms with van der Waals surface area (Å²) >= 11 is 0. The third-order valence-electron chi connectivity index (χ3n) is 4.57. The van der Waals surface area contributed by atoms with Gasteiger partial charge in [0.05, 0.1) is 10.6 Å². The van der Waals surface area contributed by atoms with Crippen LogP contribution in [-0.2, 0) is 32.4 Å². The van der Waals surface area contributed by atoms with Gasteiger partial charge in [0, 0.05) is 19.3 Å². The zero-order valence-corrected chi connectivity index (χ0v) is 16.4. The molecule has 0 radical (unpaired) electrons. The number of sulfonamides is 1. The summed E-state index contributed by atoms with van der Waals surface area (Å²) in [5.74, 6) is -0.136. The summed E-state index contributed by atoms with van der Waals surface area (Å²) in [7, 11) is -2.21. The smallest absolute Gasteiger partial charge is 0.261 e. The second kappa shape index (κ2) is 8.10. The zero-order valence-electron chi connectivity index (χ0n) is 15.6. The second-order valence-electron chi connectivity index (χ2n) is 6.57. The number of methoxy groups -OCH3 is 1. The summed E-state index contributed by atoms with van der Waals surface area (Å²) in [6, 6.07) is 12.2. The van der Waals surface area contributed by atoms with Crippen molar-refractivity contribution in [2.24, 2.45) is 0 Å². The van der Waals surface area contributed by atoms with E-state index < -0.39 is 10.0 Å². The van der Waals surface area contributed by atoms with E-state index in [9.17, 15) is 13.2 Å². The van der Waals surface area contributed by atoms with Gasteiger partial charge in [-0.1, -0.05) is 31.5 Å². The van der Waals surface area contributed by atoms with Crippen LogP contribution in [0.3, 0.4) is 0 Å². The number of aryl methyl sites for hydroxylation is 1. The number of hydrogen-bond acceptors (Lipinski definition) is 4. The molecule has 0 unspecified atom stereocenters. The fourth-order valence-corrected chi connectivity index (χ4v) is 4.29. The zero-order chi connectivity index (χ0) is 19.4. The van der Waals surface area contributed by atoms with E-state index >= 15 is 0 Å². The maximum atomic E-state index is 12.7. The van der Waals surface area contributed by atoms with Gasteiger partial charge in [0.2, 0.25) is 0 Å². The lowest BCUT2D eigenvalue weighted by Crippen LogP contribution is -2.32. The molecule has 2 aromatic carbocycles. The second-order valence-corrected chi connectivity index (χ2v) is 8.25. The summed E-state index contributed by atoms with van der Waals surface area (Å²) in [5.41, 5.74) is 3.30. The van der Waals surface area contributed by atoms with Gasteiger partial charge >= 0.3 is 0 Å². The Balaban J connectivity index is 1.81. The molecule has 0 spiro atoms. The third-order valence-corrected chi connectivity index (χ3v) is 5.97. The van der Waals surface area contributed by atoms with Crippen molar-refractivity contribution in [1.82, 2.24) is 0 Å². The first-order valence-electron chi connectivity index (χ1n) is 8.98. The Labute approximate surface area is 160 Å². The molecule has 3 rings (SSSR count). The van der Waals surface area contributed by atoms with Crippen molar-refractivity contribution in [2.45, 2.75) is 31.1 Å². The van der Waals surface area contributed by atoms with E-state index in [1.165, 1.54) is 7.11 Å². The van der Waals surface area contributed by atoms with E-state index in [-0.39, 0.29) is 17.4 Å². The van der Waals surface area contributed by atoms with E-state index in [4.69, 9.17) is 4.74 Å². The highest BCUT2D eigenvalue weighted by molar-refractivity contribution is 7.92. The Kier molecular flexibility index (Phi) is 5.82. The molecule has 0 fully saturated rings. The minimum atomic E-state index is -3.69. The fourth-order valence-electron chi connectivity index (χ4n) is 3.24. The average Bonchev–Trinajstić information content (AvgIpc) is 3.05. The van der Waals surface area contributed by atoms with Crippen LogP contribution in [0.5, 0.6) is 0 Å². The van der Waals surface area contributed by atoms with Crippen LogP contribution in [-0.4, -0.2) is 34.6 Å². The number of anilines is 2. The third kappa shape index (κ3) is 4.31. The first-order chi connectivity index (χ1) is 12.9. The number of carbonyl (C=O) groups is 1. The molecule has 1 N–H and O–H groups in total. The number of amides is 1. The van der Waals surface area contributed by atoms with Gasteiger partial charge < -0.3 is 9.64 Å². The number of ether oxygens (including phenoxy) is 1. The van der Waals surface area contributed by atoms with Crippen molar-refractivity contribution in [1.29, 1.82) is 0 Å². The molecule has 0 saturated heterocycles. The van der Waals surface area contributed by atoms with Crippen LogP contribution in [0.4, 0.5) is 11.4 Å². The van der Waals surface area contributed by atoms with Crippen LogP contribution >= 0.6 is 0 Å². The molecule has 1 aliphatic rings. The first kappa shape index (κ1) is 19.4. The molecule has 27 heavy (non-hydrogen) atoms. The van der Waals surface area contributed by atoms with Gasteiger partial charge in [0.1, 0.15) is 6.61 Å². The van der Waals surface area contributed by atoms with Gasteiger partial charge in [-0.15, -0.1) is 0 Å². The van der Waals surface area contributed by atoms with E-state index in [0.717, 1.165) is 36.1 Å². The number of nitrogens with one attached hydrogen (secondary N) is 1. The highest BCUT2D eigenvalue weighted by Gasteiger charge is 2.25. The molecule has 144 valence electrons. The molecular weight excluding hydrogens is 364 g/mol. The van der Waals surface area contributed by atoms with Crippen LogP contribution in [0, 0.1) is 0 Å². The Hall–Kier alpha value is -2.38. The Morgan fingerprint density at radius 1 is 1.19 bits per heavy atom. The molecule has 1 amide bonds. The van der Waals surface area contributed by atoms with Crippen molar-refractivity contribution in [2.75, 3.05) is 29.9 Å². The molecule has 0 atom stereocenters. The van der Waals surface area contributed by atoms with Gasteiger partial charge in [0.25, 0.3) is 15.9 Å². The molecule has 1 heterocycles. The quantitative estimate of drug-likeness (QED) is 0.791. The van der Waals surface area contributed by atoms with Crippen LogP contribution < -0.4 is 9.62 Å². The molecule has 1 aliphatic heterocycles. The van der Waals surface area contributed by atoms with Crippen molar-refractivity contribution in [3.05, 3.63) is 53.6 Å². The number of carbonyl (C=O) groups excluding carboxylic acids is 1. The molecule has 6 nitrogen and oxygen atoms in total. The lowest BCUT2D eigenvalue weighted by atomic mass is 10.1. The van der Waals surface area contributed by atoms with E-state index in [2.05, 4.69) is 11.6 Å². The lowest BCUT2D eigenvalue weighted by molar-refractivity contribution is -0.122. The molecular formula is C20H24N2O4S. The normalized spacial score (nSPS) is 13.5. The van der Waals surface area contributed by atoms with Gasteiger partial charge in [0.15, 0.2) is 0 Å². The molecule has 0 aliphatic carbocycles. The number of fused-ring (bicyclic) bond motifs is 1. The van der Waals surface area contributed by atoms with E-state index in [1.54, 1.807) is 29.2 Å². The minimum absolute atomic E-state index is 0.000493. The average molecular weight is 388 g/mol. The molecule has 7 heteroatoms. The molecule has 0 saturated carbocycles. The predicted molar refractivity (Wildman–Crippen MR) is 106 cm³/mol. The summed E-state index contributed by atoms with van der Waals surface area (Å²) in [5, 5.41) is 0. The van der Waals surface area contributed by atoms with E-state index in [0.29, 0.717) is 12.2 Å². The number of rotatable bonds is 7. The largest absolute Gasteiger partial charge is 0.375 e. The topological polar surface area (TPSA) is 75.7 Å². The molecule has 0 bridgehead atoms. The number of nitrogens with zero attached hydrogens (tertiary/aromatic N) is 1. The summed E-state index contributed by atoms with van der Waals surface area (Å²) in [4.78, 5) is 14.0. The highest BCUT2D eigenvalue weighted by Crippen LogP contribution is 2.31.